The second-order valence-electron chi connectivity index (χ2n) is 2.47. The van der Waals surface area contributed by atoms with Crippen molar-refractivity contribution in [1.82, 2.24) is 15.0 Å². The molecule has 0 atom stereocenters. The fourth-order valence-corrected chi connectivity index (χ4v) is 1.83. The first-order valence-electron chi connectivity index (χ1n) is 3.86. The molecule has 2 heterocycles. The summed E-state index contributed by atoms with van der Waals surface area (Å²) in [5.74, 6) is 0.692. The summed E-state index contributed by atoms with van der Waals surface area (Å²) in [5.41, 5.74) is 0. The van der Waals surface area contributed by atoms with Gasteiger partial charge in [-0.05, 0) is 23.7 Å². The Labute approximate surface area is 89.6 Å². The second kappa shape index (κ2) is 3.85. The van der Waals surface area contributed by atoms with E-state index in [1.165, 1.54) is 7.11 Å². The number of thiophene rings is 1. The number of aromatic amines is 1. The minimum absolute atomic E-state index is 0.281. The van der Waals surface area contributed by atoms with E-state index in [1.807, 2.05) is 17.5 Å². The third-order valence-electron chi connectivity index (χ3n) is 1.58. The number of hydrogen-bond acceptors (Lipinski definition) is 5. The van der Waals surface area contributed by atoms with Crippen LogP contribution >= 0.6 is 23.6 Å². The van der Waals surface area contributed by atoms with Crippen molar-refractivity contribution in [2.45, 2.75) is 0 Å². The van der Waals surface area contributed by atoms with Crippen LogP contribution in [-0.2, 0) is 0 Å². The van der Waals surface area contributed by atoms with Gasteiger partial charge in [-0.2, -0.15) is 9.97 Å². The predicted octanol–water partition coefficient (Wildman–Crippen LogP) is 2.27. The minimum Gasteiger partial charge on any atom is -0.468 e. The summed E-state index contributed by atoms with van der Waals surface area (Å²) >= 11 is 6.49. The first-order chi connectivity index (χ1) is 6.79. The van der Waals surface area contributed by atoms with Crippen LogP contribution in [0.4, 0.5) is 0 Å². The van der Waals surface area contributed by atoms with E-state index in [9.17, 15) is 0 Å². The van der Waals surface area contributed by atoms with Crippen LogP contribution in [0.5, 0.6) is 6.01 Å². The highest BCUT2D eigenvalue weighted by Crippen LogP contribution is 2.21. The zero-order valence-corrected chi connectivity index (χ0v) is 8.98. The molecule has 0 bridgehead atoms. The molecule has 0 aliphatic rings. The van der Waals surface area contributed by atoms with Crippen LogP contribution in [0.2, 0.25) is 0 Å². The monoisotopic (exact) mass is 225 g/mol. The lowest BCUT2D eigenvalue weighted by Crippen LogP contribution is -1.96. The third kappa shape index (κ3) is 1.80. The molecular formula is C8H7N3OS2. The van der Waals surface area contributed by atoms with E-state index in [2.05, 4.69) is 15.0 Å². The standard InChI is InChI=1S/C8H7N3OS2/c1-12-7-9-6(10-8(13)11-7)5-3-2-4-14-5/h2-4H,1H3,(H,9,10,11,13). The fraction of sp³-hybridized carbons (Fsp3) is 0.125. The molecule has 0 aromatic carbocycles. The predicted molar refractivity (Wildman–Crippen MR) is 57.1 cm³/mol. The SMILES string of the molecule is COc1nc(=S)nc(-c2cccs2)[nH]1. The Hall–Kier alpha value is -1.27. The van der Waals surface area contributed by atoms with Gasteiger partial charge >= 0.3 is 0 Å². The Morgan fingerprint density at radius 1 is 1.50 bits per heavy atom. The van der Waals surface area contributed by atoms with Crippen LogP contribution < -0.4 is 4.74 Å². The first-order valence-corrected chi connectivity index (χ1v) is 5.14. The molecule has 0 radical (unpaired) electrons. The van der Waals surface area contributed by atoms with Gasteiger partial charge in [0.25, 0.3) is 6.01 Å². The summed E-state index contributed by atoms with van der Waals surface area (Å²) < 4.78 is 5.25. The average Bonchev–Trinajstić information content (AvgIpc) is 2.69. The number of aromatic nitrogens is 3. The van der Waals surface area contributed by atoms with Crippen LogP contribution in [0.15, 0.2) is 17.5 Å². The van der Waals surface area contributed by atoms with Gasteiger partial charge in [0, 0.05) is 0 Å². The number of ether oxygens (including phenoxy) is 1. The molecule has 2 rings (SSSR count). The number of hydrogen-bond donors (Lipinski definition) is 1. The maximum Gasteiger partial charge on any atom is 0.297 e. The number of nitrogens with zero attached hydrogens (tertiary/aromatic N) is 2. The fourth-order valence-electron chi connectivity index (χ4n) is 0.991. The van der Waals surface area contributed by atoms with Gasteiger partial charge in [0.1, 0.15) is 0 Å². The van der Waals surface area contributed by atoms with Crippen molar-refractivity contribution < 1.29 is 4.74 Å². The molecule has 0 unspecified atom stereocenters. The Balaban J connectivity index is 2.54. The molecule has 0 saturated heterocycles. The molecule has 0 amide bonds. The highest BCUT2D eigenvalue weighted by Gasteiger charge is 2.03. The molecule has 2 aromatic heterocycles. The van der Waals surface area contributed by atoms with Gasteiger partial charge in [-0.25, -0.2) is 0 Å². The van der Waals surface area contributed by atoms with Gasteiger partial charge in [-0.1, -0.05) is 6.07 Å². The molecule has 0 spiro atoms. The van der Waals surface area contributed by atoms with Gasteiger partial charge in [-0.3, -0.25) is 4.98 Å². The lowest BCUT2D eigenvalue weighted by Gasteiger charge is -2.00. The molecule has 14 heavy (non-hydrogen) atoms. The second-order valence-corrected chi connectivity index (χ2v) is 3.78. The van der Waals surface area contributed by atoms with Gasteiger partial charge in [-0.15, -0.1) is 11.3 Å². The zero-order chi connectivity index (χ0) is 9.97. The van der Waals surface area contributed by atoms with Gasteiger partial charge in [0.05, 0.1) is 12.0 Å². The van der Waals surface area contributed by atoms with Crippen molar-refractivity contribution in [3.63, 3.8) is 0 Å². The Morgan fingerprint density at radius 3 is 3.00 bits per heavy atom. The van der Waals surface area contributed by atoms with Crippen molar-refractivity contribution in [1.29, 1.82) is 0 Å². The van der Waals surface area contributed by atoms with Crippen LogP contribution in [0.3, 0.4) is 0 Å². The Bertz CT molecular complexity index is 478. The van der Waals surface area contributed by atoms with Crippen LogP contribution in [0, 0.1) is 4.77 Å². The summed E-state index contributed by atoms with van der Waals surface area (Å²) in [4.78, 5) is 11.9. The molecule has 2 aromatic rings. The maximum absolute atomic E-state index is 4.97. The van der Waals surface area contributed by atoms with E-state index in [-0.39, 0.29) is 4.77 Å². The molecule has 0 aliphatic heterocycles. The average molecular weight is 225 g/mol. The van der Waals surface area contributed by atoms with Gasteiger partial charge in [0.15, 0.2) is 5.82 Å². The summed E-state index contributed by atoms with van der Waals surface area (Å²) in [5, 5.41) is 1.97. The quantitative estimate of drug-likeness (QED) is 0.797. The number of nitrogens with one attached hydrogen (secondary N) is 1. The van der Waals surface area contributed by atoms with E-state index in [1.54, 1.807) is 11.3 Å². The molecule has 0 saturated carbocycles. The first kappa shape index (κ1) is 9.29. The summed E-state index contributed by atoms with van der Waals surface area (Å²) in [6.45, 7) is 0. The van der Waals surface area contributed by atoms with E-state index >= 15 is 0 Å². The third-order valence-corrected chi connectivity index (χ3v) is 2.64. The summed E-state index contributed by atoms with van der Waals surface area (Å²) in [6.07, 6.45) is 0. The van der Waals surface area contributed by atoms with Crippen LogP contribution in [-0.4, -0.2) is 22.1 Å². The molecule has 6 heteroatoms. The molecule has 0 fully saturated rings. The number of rotatable bonds is 2. The molecular weight excluding hydrogens is 218 g/mol. The molecule has 0 aliphatic carbocycles. The van der Waals surface area contributed by atoms with Crippen LogP contribution in [0.1, 0.15) is 0 Å². The van der Waals surface area contributed by atoms with E-state index < -0.39 is 0 Å². The Kier molecular flexibility index (Phi) is 2.55. The number of methoxy groups -OCH3 is 1. The van der Waals surface area contributed by atoms with Gasteiger partial charge < -0.3 is 4.74 Å². The van der Waals surface area contributed by atoms with E-state index in [4.69, 9.17) is 17.0 Å². The topological polar surface area (TPSA) is 50.8 Å². The largest absolute Gasteiger partial charge is 0.468 e. The highest BCUT2D eigenvalue weighted by atomic mass is 32.1. The van der Waals surface area contributed by atoms with Crippen molar-refractivity contribution in [3.8, 4) is 16.7 Å². The highest BCUT2D eigenvalue weighted by molar-refractivity contribution is 7.71. The minimum atomic E-state index is 0.281. The van der Waals surface area contributed by atoms with Gasteiger partial charge in [0.2, 0.25) is 4.77 Å². The van der Waals surface area contributed by atoms with E-state index in [0.29, 0.717) is 11.8 Å². The van der Waals surface area contributed by atoms with Crippen molar-refractivity contribution in [2.75, 3.05) is 7.11 Å². The number of H-pyrrole nitrogens is 1. The van der Waals surface area contributed by atoms with Crippen LogP contribution in [0.25, 0.3) is 10.7 Å². The molecule has 1 N–H and O–H groups in total. The Morgan fingerprint density at radius 2 is 2.36 bits per heavy atom. The lowest BCUT2D eigenvalue weighted by molar-refractivity contribution is 0.378. The molecule has 4 nitrogen and oxygen atoms in total. The van der Waals surface area contributed by atoms with Crippen molar-refractivity contribution >= 4 is 23.6 Å². The normalized spacial score (nSPS) is 10.1. The lowest BCUT2D eigenvalue weighted by atomic mass is 10.4. The maximum atomic E-state index is 4.97. The zero-order valence-electron chi connectivity index (χ0n) is 7.35. The summed E-state index contributed by atoms with van der Waals surface area (Å²) in [6, 6.07) is 4.29. The van der Waals surface area contributed by atoms with Crippen molar-refractivity contribution in [3.05, 3.63) is 22.3 Å². The van der Waals surface area contributed by atoms with Crippen molar-refractivity contribution in [2.24, 2.45) is 0 Å². The molecule has 72 valence electrons. The van der Waals surface area contributed by atoms with E-state index in [0.717, 1.165) is 4.88 Å². The smallest absolute Gasteiger partial charge is 0.297 e. The summed E-state index contributed by atoms with van der Waals surface area (Å²) in [7, 11) is 1.53.